The van der Waals surface area contributed by atoms with Crippen LogP contribution in [0.3, 0.4) is 0 Å². The number of ether oxygens (including phenoxy) is 2. The number of nitrogens with one attached hydrogen (secondary N) is 1. The van der Waals surface area contributed by atoms with Crippen molar-refractivity contribution < 1.29 is 9.47 Å². The molecule has 1 N–H and O–H groups in total. The molecule has 1 aromatic carbocycles. The summed E-state index contributed by atoms with van der Waals surface area (Å²) in [7, 11) is 0. The maximum Gasteiger partial charge on any atom is 0.127 e. The zero-order valence-corrected chi connectivity index (χ0v) is 12.7. The number of fused-ring (bicyclic) bond motifs is 1. The van der Waals surface area contributed by atoms with Crippen LogP contribution in [0.2, 0.25) is 0 Å². The number of benzene rings is 1. The molecule has 0 radical (unpaired) electrons. The summed E-state index contributed by atoms with van der Waals surface area (Å²) in [5, 5.41) is 3.50. The first-order valence-corrected chi connectivity index (χ1v) is 7.88. The van der Waals surface area contributed by atoms with Crippen LogP contribution in [0, 0.1) is 0 Å². The SMILES string of the molecule is Brc1cc2c(c(CNCCC3CCCO3)c1)OCC2. The predicted octanol–water partition coefficient (Wildman–Crippen LogP) is 3.04. The molecule has 3 nitrogen and oxygen atoms in total. The molecule has 19 heavy (non-hydrogen) atoms. The topological polar surface area (TPSA) is 30.5 Å². The summed E-state index contributed by atoms with van der Waals surface area (Å²) in [6, 6.07) is 4.32. The molecule has 2 aliphatic rings. The van der Waals surface area contributed by atoms with E-state index in [0.29, 0.717) is 6.10 Å². The second-order valence-corrected chi connectivity index (χ2v) is 6.17. The van der Waals surface area contributed by atoms with Gasteiger partial charge in [-0.05, 0) is 43.5 Å². The van der Waals surface area contributed by atoms with Crippen molar-refractivity contribution in [2.24, 2.45) is 0 Å². The molecule has 2 aliphatic heterocycles. The van der Waals surface area contributed by atoms with Crippen LogP contribution in [0.5, 0.6) is 5.75 Å². The Labute approximate surface area is 122 Å². The van der Waals surface area contributed by atoms with E-state index in [1.54, 1.807) is 0 Å². The molecule has 3 rings (SSSR count). The average Bonchev–Trinajstić information content (AvgIpc) is 3.04. The molecule has 0 saturated carbocycles. The summed E-state index contributed by atoms with van der Waals surface area (Å²) in [4.78, 5) is 0. The third kappa shape index (κ3) is 3.30. The molecule has 1 saturated heterocycles. The third-order valence-electron chi connectivity index (χ3n) is 3.81. The highest BCUT2D eigenvalue weighted by atomic mass is 79.9. The second kappa shape index (κ2) is 6.25. The van der Waals surface area contributed by atoms with E-state index in [1.807, 2.05) is 0 Å². The van der Waals surface area contributed by atoms with Gasteiger partial charge in [-0.1, -0.05) is 15.9 Å². The summed E-state index contributed by atoms with van der Waals surface area (Å²) in [5.41, 5.74) is 2.58. The van der Waals surface area contributed by atoms with E-state index >= 15 is 0 Å². The van der Waals surface area contributed by atoms with Crippen LogP contribution >= 0.6 is 15.9 Å². The lowest BCUT2D eigenvalue weighted by Crippen LogP contribution is -2.20. The molecule has 0 spiro atoms. The highest BCUT2D eigenvalue weighted by molar-refractivity contribution is 9.10. The Bertz CT molecular complexity index is 444. The van der Waals surface area contributed by atoms with Crippen molar-refractivity contribution in [1.29, 1.82) is 0 Å². The molecule has 0 aromatic heterocycles. The van der Waals surface area contributed by atoms with Crippen molar-refractivity contribution in [2.45, 2.75) is 38.3 Å². The van der Waals surface area contributed by atoms with Gasteiger partial charge in [-0.3, -0.25) is 0 Å². The van der Waals surface area contributed by atoms with E-state index in [-0.39, 0.29) is 0 Å². The minimum atomic E-state index is 0.469. The van der Waals surface area contributed by atoms with E-state index in [1.165, 1.54) is 24.0 Å². The zero-order valence-electron chi connectivity index (χ0n) is 11.1. The van der Waals surface area contributed by atoms with Crippen LogP contribution in [-0.2, 0) is 17.7 Å². The molecule has 0 bridgehead atoms. The van der Waals surface area contributed by atoms with E-state index in [4.69, 9.17) is 9.47 Å². The fourth-order valence-corrected chi connectivity index (χ4v) is 3.39. The Hall–Kier alpha value is -0.580. The van der Waals surface area contributed by atoms with Gasteiger partial charge in [0.25, 0.3) is 0 Å². The Morgan fingerprint density at radius 2 is 2.26 bits per heavy atom. The first-order chi connectivity index (χ1) is 9.33. The standard InChI is InChI=1S/C15H20BrNO2/c16-13-8-11-4-7-19-15(11)12(9-13)10-17-5-3-14-2-1-6-18-14/h8-9,14,17H,1-7,10H2. The molecule has 104 valence electrons. The third-order valence-corrected chi connectivity index (χ3v) is 4.27. The number of rotatable bonds is 5. The minimum absolute atomic E-state index is 0.469. The average molecular weight is 326 g/mol. The van der Waals surface area contributed by atoms with Gasteiger partial charge in [-0.15, -0.1) is 0 Å². The van der Waals surface area contributed by atoms with Crippen LogP contribution in [-0.4, -0.2) is 25.9 Å². The van der Waals surface area contributed by atoms with Crippen LogP contribution in [0.1, 0.15) is 30.4 Å². The quantitative estimate of drug-likeness (QED) is 0.844. The molecule has 1 atom stereocenters. The van der Waals surface area contributed by atoms with Gasteiger partial charge in [0, 0.05) is 29.6 Å². The summed E-state index contributed by atoms with van der Waals surface area (Å²) in [6.07, 6.45) is 5.04. The second-order valence-electron chi connectivity index (χ2n) is 5.25. The predicted molar refractivity (Wildman–Crippen MR) is 78.6 cm³/mol. The number of hydrogen-bond donors (Lipinski definition) is 1. The molecular weight excluding hydrogens is 306 g/mol. The van der Waals surface area contributed by atoms with Gasteiger partial charge in [0.2, 0.25) is 0 Å². The van der Waals surface area contributed by atoms with E-state index in [9.17, 15) is 0 Å². The van der Waals surface area contributed by atoms with Crippen LogP contribution in [0.4, 0.5) is 0 Å². The molecular formula is C15H20BrNO2. The first kappa shape index (κ1) is 13.4. The van der Waals surface area contributed by atoms with Crippen molar-refractivity contribution >= 4 is 15.9 Å². The van der Waals surface area contributed by atoms with Crippen molar-refractivity contribution in [2.75, 3.05) is 19.8 Å². The van der Waals surface area contributed by atoms with Crippen LogP contribution in [0.15, 0.2) is 16.6 Å². The zero-order chi connectivity index (χ0) is 13.1. The van der Waals surface area contributed by atoms with Crippen molar-refractivity contribution in [1.82, 2.24) is 5.32 Å². The summed E-state index contributed by atoms with van der Waals surface area (Å²) < 4.78 is 12.5. The fourth-order valence-electron chi connectivity index (χ4n) is 2.84. The smallest absolute Gasteiger partial charge is 0.127 e. The lowest BCUT2D eigenvalue weighted by atomic mass is 10.1. The van der Waals surface area contributed by atoms with Gasteiger partial charge in [-0.2, -0.15) is 0 Å². The van der Waals surface area contributed by atoms with Gasteiger partial charge < -0.3 is 14.8 Å². The van der Waals surface area contributed by atoms with Crippen molar-refractivity contribution in [3.05, 3.63) is 27.7 Å². The Kier molecular flexibility index (Phi) is 4.41. The summed E-state index contributed by atoms with van der Waals surface area (Å²) in [6.45, 7) is 3.63. The molecule has 0 aliphatic carbocycles. The summed E-state index contributed by atoms with van der Waals surface area (Å²) in [5.74, 6) is 1.09. The molecule has 0 amide bonds. The van der Waals surface area contributed by atoms with Gasteiger partial charge >= 0.3 is 0 Å². The Morgan fingerprint density at radius 1 is 1.32 bits per heavy atom. The highest BCUT2D eigenvalue weighted by Crippen LogP contribution is 2.32. The van der Waals surface area contributed by atoms with Crippen molar-refractivity contribution in [3.8, 4) is 5.75 Å². The minimum Gasteiger partial charge on any atom is -0.493 e. The molecule has 1 unspecified atom stereocenters. The van der Waals surface area contributed by atoms with Gasteiger partial charge in [0.15, 0.2) is 0 Å². The van der Waals surface area contributed by atoms with E-state index in [2.05, 4.69) is 33.4 Å². The Balaban J connectivity index is 1.52. The largest absolute Gasteiger partial charge is 0.493 e. The van der Waals surface area contributed by atoms with Crippen LogP contribution < -0.4 is 10.1 Å². The van der Waals surface area contributed by atoms with Crippen molar-refractivity contribution in [3.63, 3.8) is 0 Å². The maximum absolute atomic E-state index is 5.73. The van der Waals surface area contributed by atoms with Gasteiger partial charge in [0.05, 0.1) is 12.7 Å². The van der Waals surface area contributed by atoms with Gasteiger partial charge in [0.1, 0.15) is 5.75 Å². The highest BCUT2D eigenvalue weighted by Gasteiger charge is 2.18. The molecule has 1 aromatic rings. The van der Waals surface area contributed by atoms with Crippen LogP contribution in [0.25, 0.3) is 0 Å². The molecule has 4 heteroatoms. The van der Waals surface area contributed by atoms with E-state index in [0.717, 1.165) is 49.4 Å². The fraction of sp³-hybridized carbons (Fsp3) is 0.600. The Morgan fingerprint density at radius 3 is 3.11 bits per heavy atom. The number of halogens is 1. The first-order valence-electron chi connectivity index (χ1n) is 7.09. The lowest BCUT2D eigenvalue weighted by Gasteiger charge is -2.12. The molecule has 2 heterocycles. The summed E-state index contributed by atoms with van der Waals surface area (Å²) >= 11 is 3.58. The normalized spacial score (nSPS) is 21.4. The lowest BCUT2D eigenvalue weighted by molar-refractivity contribution is 0.104. The molecule has 1 fully saturated rings. The monoisotopic (exact) mass is 325 g/mol. The van der Waals surface area contributed by atoms with Gasteiger partial charge in [-0.25, -0.2) is 0 Å². The van der Waals surface area contributed by atoms with E-state index < -0.39 is 0 Å². The number of hydrogen-bond acceptors (Lipinski definition) is 3. The maximum atomic E-state index is 5.73.